The van der Waals surface area contributed by atoms with E-state index in [-0.39, 0.29) is 25.0 Å². The van der Waals surface area contributed by atoms with E-state index in [9.17, 15) is 14.4 Å². The Kier molecular flexibility index (Phi) is 7.65. The van der Waals surface area contributed by atoms with Crippen molar-refractivity contribution in [3.63, 3.8) is 0 Å². The lowest BCUT2D eigenvalue weighted by Crippen LogP contribution is -2.15. The number of amides is 1. The van der Waals surface area contributed by atoms with Crippen LogP contribution in [0.15, 0.2) is 23.6 Å². The summed E-state index contributed by atoms with van der Waals surface area (Å²) in [6, 6.07) is 4.95. The molecule has 0 bridgehead atoms. The number of carboxylic acids is 1. The Labute approximate surface area is 170 Å². The molecular weight excluding hydrogens is 413 g/mol. The minimum Gasteiger partial charge on any atom is -0.481 e. The number of carboxylic acid groups (broad SMARTS) is 1. The van der Waals surface area contributed by atoms with Crippen LogP contribution in [0.2, 0.25) is 10.0 Å². The van der Waals surface area contributed by atoms with Gasteiger partial charge < -0.3 is 15.2 Å². The molecule has 0 aliphatic carbocycles. The number of esters is 1. The Balaban J connectivity index is 2.37. The summed E-state index contributed by atoms with van der Waals surface area (Å²) in [6.45, 7) is 2.11. The van der Waals surface area contributed by atoms with Gasteiger partial charge in [-0.05, 0) is 24.1 Å². The standard InChI is InChI=1S/C18H17Cl2NO5S/c1-2-7-26-18(25)16-11(10-3-4-12(19)13(20)8-10)9-27-17(16)21-14(22)5-6-15(23)24/h3-4,8-9H,2,5-7H2,1H3,(H,21,22)(H,23,24). The van der Waals surface area contributed by atoms with Gasteiger partial charge in [-0.15, -0.1) is 11.3 Å². The minimum absolute atomic E-state index is 0.196. The van der Waals surface area contributed by atoms with Gasteiger partial charge in [-0.25, -0.2) is 4.79 Å². The Morgan fingerprint density at radius 3 is 2.56 bits per heavy atom. The SMILES string of the molecule is CCCOC(=O)c1c(-c2ccc(Cl)c(Cl)c2)csc1NC(=O)CCC(=O)O. The Hall–Kier alpha value is -2.09. The summed E-state index contributed by atoms with van der Waals surface area (Å²) in [4.78, 5) is 35.2. The van der Waals surface area contributed by atoms with E-state index >= 15 is 0 Å². The number of carbonyl (C=O) groups excluding carboxylic acids is 2. The molecule has 0 unspecified atom stereocenters. The molecule has 2 rings (SSSR count). The summed E-state index contributed by atoms with van der Waals surface area (Å²) in [6.07, 6.45) is 0.156. The zero-order chi connectivity index (χ0) is 20.0. The van der Waals surface area contributed by atoms with Crippen LogP contribution in [0.4, 0.5) is 5.00 Å². The van der Waals surface area contributed by atoms with E-state index in [1.807, 2.05) is 6.92 Å². The van der Waals surface area contributed by atoms with Gasteiger partial charge in [0.15, 0.2) is 0 Å². The third-order valence-corrected chi connectivity index (χ3v) is 5.12. The highest BCUT2D eigenvalue weighted by Crippen LogP contribution is 2.38. The summed E-state index contributed by atoms with van der Waals surface area (Å²) in [7, 11) is 0. The van der Waals surface area contributed by atoms with Gasteiger partial charge in [-0.3, -0.25) is 9.59 Å². The lowest BCUT2D eigenvalue weighted by molar-refractivity contribution is -0.138. The van der Waals surface area contributed by atoms with E-state index in [0.717, 1.165) is 11.3 Å². The summed E-state index contributed by atoms with van der Waals surface area (Å²) in [5.74, 6) is -2.15. The lowest BCUT2D eigenvalue weighted by Gasteiger charge is -2.09. The number of ether oxygens (including phenoxy) is 1. The zero-order valence-electron chi connectivity index (χ0n) is 14.4. The van der Waals surface area contributed by atoms with Crippen LogP contribution >= 0.6 is 34.5 Å². The van der Waals surface area contributed by atoms with Crippen LogP contribution in [0.3, 0.4) is 0 Å². The molecule has 1 aromatic heterocycles. The number of hydrogen-bond donors (Lipinski definition) is 2. The van der Waals surface area contributed by atoms with Crippen molar-refractivity contribution in [3.05, 3.63) is 39.2 Å². The molecular formula is C18H17Cl2NO5S. The maximum absolute atomic E-state index is 12.6. The summed E-state index contributed by atoms with van der Waals surface area (Å²) in [5.41, 5.74) is 1.40. The zero-order valence-corrected chi connectivity index (χ0v) is 16.7. The molecule has 0 radical (unpaired) electrons. The predicted molar refractivity (Wildman–Crippen MR) is 106 cm³/mol. The molecule has 0 saturated heterocycles. The molecule has 1 amide bonds. The van der Waals surface area contributed by atoms with Crippen LogP contribution in [0.5, 0.6) is 0 Å². The first kappa shape index (κ1) is 21.2. The quantitative estimate of drug-likeness (QED) is 0.569. The number of hydrogen-bond acceptors (Lipinski definition) is 5. The molecule has 0 saturated carbocycles. The second kappa shape index (κ2) is 9.73. The number of thiophene rings is 1. The molecule has 2 N–H and O–H groups in total. The van der Waals surface area contributed by atoms with E-state index in [1.54, 1.807) is 23.6 Å². The third kappa shape index (κ3) is 5.69. The van der Waals surface area contributed by atoms with Crippen LogP contribution in [0.1, 0.15) is 36.5 Å². The van der Waals surface area contributed by atoms with Gasteiger partial charge in [-0.2, -0.15) is 0 Å². The van der Waals surface area contributed by atoms with Crippen molar-refractivity contribution < 1.29 is 24.2 Å². The monoisotopic (exact) mass is 429 g/mol. The number of anilines is 1. The molecule has 0 fully saturated rings. The average molecular weight is 430 g/mol. The number of carbonyl (C=O) groups is 3. The molecule has 27 heavy (non-hydrogen) atoms. The maximum atomic E-state index is 12.6. The fraction of sp³-hybridized carbons (Fsp3) is 0.278. The number of aliphatic carboxylic acids is 1. The number of nitrogens with one attached hydrogen (secondary N) is 1. The van der Waals surface area contributed by atoms with Gasteiger partial charge in [0.25, 0.3) is 0 Å². The van der Waals surface area contributed by atoms with Gasteiger partial charge in [-0.1, -0.05) is 36.2 Å². The van der Waals surface area contributed by atoms with E-state index in [0.29, 0.717) is 32.6 Å². The fourth-order valence-electron chi connectivity index (χ4n) is 2.21. The topological polar surface area (TPSA) is 92.7 Å². The van der Waals surface area contributed by atoms with Gasteiger partial charge in [0.05, 0.1) is 23.1 Å². The van der Waals surface area contributed by atoms with Gasteiger partial charge in [0, 0.05) is 17.4 Å². The average Bonchev–Trinajstić information content (AvgIpc) is 3.03. The molecule has 0 aliphatic rings. The Bertz CT molecular complexity index is 865. The molecule has 144 valence electrons. The fourth-order valence-corrected chi connectivity index (χ4v) is 3.48. The van der Waals surface area contributed by atoms with Crippen molar-refractivity contribution in [1.29, 1.82) is 0 Å². The van der Waals surface area contributed by atoms with E-state index in [1.165, 1.54) is 0 Å². The van der Waals surface area contributed by atoms with Crippen molar-refractivity contribution in [2.45, 2.75) is 26.2 Å². The van der Waals surface area contributed by atoms with Crippen molar-refractivity contribution >= 4 is 57.4 Å². The molecule has 9 heteroatoms. The van der Waals surface area contributed by atoms with Crippen molar-refractivity contribution in [3.8, 4) is 11.1 Å². The van der Waals surface area contributed by atoms with Crippen LogP contribution in [0.25, 0.3) is 11.1 Å². The van der Waals surface area contributed by atoms with Crippen LogP contribution < -0.4 is 5.32 Å². The first-order valence-corrected chi connectivity index (χ1v) is 9.72. The predicted octanol–water partition coefficient (Wildman–Crippen LogP) is 5.09. The van der Waals surface area contributed by atoms with Gasteiger partial charge >= 0.3 is 11.9 Å². The van der Waals surface area contributed by atoms with Crippen LogP contribution in [-0.4, -0.2) is 29.6 Å². The molecule has 1 heterocycles. The number of rotatable bonds is 8. The normalized spacial score (nSPS) is 10.5. The van der Waals surface area contributed by atoms with Crippen LogP contribution in [0, 0.1) is 0 Å². The molecule has 1 aromatic carbocycles. The summed E-state index contributed by atoms with van der Waals surface area (Å²) in [5, 5.41) is 14.0. The molecule has 6 nitrogen and oxygen atoms in total. The van der Waals surface area contributed by atoms with Crippen molar-refractivity contribution in [2.24, 2.45) is 0 Å². The van der Waals surface area contributed by atoms with E-state index < -0.39 is 17.8 Å². The lowest BCUT2D eigenvalue weighted by atomic mass is 10.0. The summed E-state index contributed by atoms with van der Waals surface area (Å²) >= 11 is 13.2. The van der Waals surface area contributed by atoms with E-state index in [4.69, 9.17) is 33.0 Å². The molecule has 2 aromatic rings. The second-order valence-corrected chi connectivity index (χ2v) is 7.25. The third-order valence-electron chi connectivity index (χ3n) is 3.48. The molecule has 0 spiro atoms. The second-order valence-electron chi connectivity index (χ2n) is 5.56. The highest BCUT2D eigenvalue weighted by molar-refractivity contribution is 7.15. The minimum atomic E-state index is -1.07. The largest absolute Gasteiger partial charge is 0.481 e. The first-order chi connectivity index (χ1) is 12.8. The first-order valence-electron chi connectivity index (χ1n) is 8.09. The number of benzene rings is 1. The highest BCUT2D eigenvalue weighted by Gasteiger charge is 2.23. The highest BCUT2D eigenvalue weighted by atomic mass is 35.5. The molecule has 0 atom stereocenters. The van der Waals surface area contributed by atoms with E-state index in [2.05, 4.69) is 5.32 Å². The van der Waals surface area contributed by atoms with Crippen molar-refractivity contribution in [2.75, 3.05) is 11.9 Å². The Morgan fingerprint density at radius 1 is 1.19 bits per heavy atom. The molecule has 0 aliphatic heterocycles. The summed E-state index contributed by atoms with van der Waals surface area (Å²) < 4.78 is 5.24. The number of halogens is 2. The maximum Gasteiger partial charge on any atom is 0.341 e. The van der Waals surface area contributed by atoms with Gasteiger partial charge in [0.2, 0.25) is 5.91 Å². The smallest absolute Gasteiger partial charge is 0.341 e. The Morgan fingerprint density at radius 2 is 1.93 bits per heavy atom. The van der Waals surface area contributed by atoms with Crippen molar-refractivity contribution in [1.82, 2.24) is 0 Å². The van der Waals surface area contributed by atoms with Crippen LogP contribution in [-0.2, 0) is 14.3 Å². The van der Waals surface area contributed by atoms with Gasteiger partial charge in [0.1, 0.15) is 10.6 Å².